The number of hydrogen-bond donors (Lipinski definition) is 1. The molecule has 1 heterocycles. The van der Waals surface area contributed by atoms with Crippen LogP contribution >= 0.6 is 10.0 Å². The minimum atomic E-state index is -1.76. The number of fused-ring (bicyclic) bond motifs is 4. The van der Waals surface area contributed by atoms with Crippen LogP contribution in [-0.4, -0.2) is 0 Å². The molecule has 1 N–H and O–H groups in total. The first-order valence-corrected chi connectivity index (χ1v) is 18.2. The van der Waals surface area contributed by atoms with Gasteiger partial charge < -0.3 is 9.73 Å². The molecule has 0 bridgehead atoms. The van der Waals surface area contributed by atoms with Gasteiger partial charge in [-0.1, -0.05) is 121 Å². The first kappa shape index (κ1) is 29.1. The van der Waals surface area contributed by atoms with E-state index in [9.17, 15) is 0 Å². The second kappa shape index (κ2) is 12.2. The van der Waals surface area contributed by atoms with E-state index in [2.05, 4.69) is 187 Å². The van der Waals surface area contributed by atoms with Crippen molar-refractivity contribution in [2.45, 2.75) is 19.6 Å². The predicted molar refractivity (Wildman–Crippen MR) is 206 cm³/mol. The average molecular weight is 648 g/mol. The van der Waals surface area contributed by atoms with Crippen LogP contribution in [0.2, 0.25) is 0 Å². The van der Waals surface area contributed by atoms with Crippen molar-refractivity contribution in [2.75, 3.05) is 5.32 Å². The molecule has 0 fully saturated rings. The van der Waals surface area contributed by atoms with Crippen LogP contribution < -0.4 is 5.32 Å². The number of hydrogen-bond acceptors (Lipinski definition) is 2. The third-order valence-corrected chi connectivity index (χ3v) is 13.3. The summed E-state index contributed by atoms with van der Waals surface area (Å²) in [4.78, 5) is 5.23. The lowest BCUT2D eigenvalue weighted by Crippen LogP contribution is -2.05. The zero-order chi connectivity index (χ0) is 32.6. The number of para-hydroxylation sites is 1. The van der Waals surface area contributed by atoms with E-state index in [1.54, 1.807) is 0 Å². The second-order valence-electron chi connectivity index (χ2n) is 12.2. The number of benzene rings is 8. The van der Waals surface area contributed by atoms with E-state index in [0.29, 0.717) is 0 Å². The molecule has 0 aliphatic heterocycles. The van der Waals surface area contributed by atoms with E-state index in [-0.39, 0.29) is 0 Å². The number of rotatable bonds is 7. The molecule has 3 heteroatoms. The Balaban J connectivity index is 1.23. The lowest BCUT2D eigenvalue weighted by Gasteiger charge is -2.42. The highest BCUT2D eigenvalue weighted by molar-refractivity contribution is 8.34. The van der Waals surface area contributed by atoms with Crippen molar-refractivity contribution < 1.29 is 4.42 Å². The average Bonchev–Trinajstić information content (AvgIpc) is 3.56. The fourth-order valence-electron chi connectivity index (χ4n) is 7.11. The number of furan rings is 1. The molecule has 8 aromatic carbocycles. The Kier molecular flexibility index (Phi) is 7.26. The number of anilines is 2. The molecule has 0 aliphatic carbocycles. The minimum Gasteiger partial charge on any atom is -0.454 e. The maximum absolute atomic E-state index is 6.51. The molecule has 9 aromatic rings. The lowest BCUT2D eigenvalue weighted by molar-refractivity contribution is 0.670. The Hall–Kier alpha value is -6.03. The predicted octanol–water partition coefficient (Wildman–Crippen LogP) is 13.5. The van der Waals surface area contributed by atoms with Crippen LogP contribution in [0.4, 0.5) is 11.4 Å². The molecule has 0 saturated carbocycles. The van der Waals surface area contributed by atoms with Gasteiger partial charge in [0.05, 0.1) is 5.69 Å². The normalized spacial score (nSPS) is 12.0. The molecular weight excluding hydrogens is 615 g/mol. The summed E-state index contributed by atoms with van der Waals surface area (Å²) >= 11 is 0. The van der Waals surface area contributed by atoms with Gasteiger partial charge in [-0.2, -0.15) is 0 Å². The smallest absolute Gasteiger partial charge is 0.158 e. The zero-order valence-corrected chi connectivity index (χ0v) is 27.6. The SMILES string of the molecule is c1ccc(S(c2ccccc2)(c2ccccc2)c2ccc(-c3cc(Nc4cccc5ccccc45)c4oc5ccccc5c4c3)cc2)cc1. The first-order valence-electron chi connectivity index (χ1n) is 16.6. The Morgan fingerprint density at radius 1 is 0.367 bits per heavy atom. The van der Waals surface area contributed by atoms with E-state index >= 15 is 0 Å². The highest BCUT2D eigenvalue weighted by Crippen LogP contribution is 2.73. The number of nitrogens with one attached hydrogen (secondary N) is 1. The van der Waals surface area contributed by atoms with Crippen LogP contribution in [0.25, 0.3) is 43.8 Å². The molecule has 0 aliphatic rings. The van der Waals surface area contributed by atoms with Crippen LogP contribution in [0.1, 0.15) is 0 Å². The molecule has 0 saturated heterocycles. The van der Waals surface area contributed by atoms with Gasteiger partial charge in [-0.05, 0) is 89.3 Å². The summed E-state index contributed by atoms with van der Waals surface area (Å²) in [5.41, 5.74) is 6.02. The maximum Gasteiger partial charge on any atom is 0.158 e. The molecule has 0 radical (unpaired) electrons. The van der Waals surface area contributed by atoms with Crippen molar-refractivity contribution in [1.82, 2.24) is 0 Å². The molecule has 0 atom stereocenters. The van der Waals surface area contributed by atoms with Crippen molar-refractivity contribution in [3.8, 4) is 11.1 Å². The van der Waals surface area contributed by atoms with Crippen LogP contribution in [0.3, 0.4) is 0 Å². The van der Waals surface area contributed by atoms with E-state index in [0.717, 1.165) is 44.4 Å². The summed E-state index contributed by atoms with van der Waals surface area (Å²) in [6.45, 7) is 0. The molecule has 0 unspecified atom stereocenters. The van der Waals surface area contributed by atoms with Crippen LogP contribution in [-0.2, 0) is 0 Å². The van der Waals surface area contributed by atoms with E-state index < -0.39 is 10.0 Å². The van der Waals surface area contributed by atoms with Gasteiger partial charge in [0.15, 0.2) is 5.58 Å². The molecule has 1 aromatic heterocycles. The van der Waals surface area contributed by atoms with Crippen molar-refractivity contribution >= 4 is 54.1 Å². The Morgan fingerprint density at radius 3 is 1.55 bits per heavy atom. The fraction of sp³-hybridized carbons (Fsp3) is 0. The topological polar surface area (TPSA) is 25.2 Å². The van der Waals surface area contributed by atoms with E-state index in [4.69, 9.17) is 4.42 Å². The van der Waals surface area contributed by atoms with Gasteiger partial charge in [0, 0.05) is 41.4 Å². The van der Waals surface area contributed by atoms with E-state index in [1.165, 1.54) is 30.4 Å². The summed E-state index contributed by atoms with van der Waals surface area (Å²) in [5, 5.41) is 8.34. The highest BCUT2D eigenvalue weighted by atomic mass is 32.3. The van der Waals surface area contributed by atoms with Crippen molar-refractivity contribution in [3.05, 3.63) is 194 Å². The largest absolute Gasteiger partial charge is 0.454 e. The third kappa shape index (κ3) is 4.99. The van der Waals surface area contributed by atoms with Gasteiger partial charge in [0.25, 0.3) is 0 Å². The van der Waals surface area contributed by atoms with Crippen molar-refractivity contribution in [1.29, 1.82) is 0 Å². The molecule has 9 rings (SSSR count). The molecule has 0 amide bonds. The molecule has 49 heavy (non-hydrogen) atoms. The van der Waals surface area contributed by atoms with Crippen LogP contribution in [0.15, 0.2) is 218 Å². The highest BCUT2D eigenvalue weighted by Gasteiger charge is 2.33. The quantitative estimate of drug-likeness (QED) is 0.186. The van der Waals surface area contributed by atoms with Gasteiger partial charge in [-0.25, -0.2) is 0 Å². The fourth-order valence-corrected chi connectivity index (χ4v) is 11.0. The molecule has 234 valence electrons. The second-order valence-corrected chi connectivity index (χ2v) is 15.3. The summed E-state index contributed by atoms with van der Waals surface area (Å²) < 4.78 is 6.51. The maximum atomic E-state index is 6.51. The minimum absolute atomic E-state index is 0.857. The van der Waals surface area contributed by atoms with Gasteiger partial charge in [-0.3, -0.25) is 0 Å². The summed E-state index contributed by atoms with van der Waals surface area (Å²) in [6, 6.07) is 69.9. The van der Waals surface area contributed by atoms with Crippen LogP contribution in [0, 0.1) is 0 Å². The standard InChI is InChI=1S/C46H33NOS/c1-4-17-36(18-5-1)49(37-19-6-2-7-20-37,38-21-8-3-9-22-38)39-29-27-33(28-30-39)35-31-42-41-24-12-13-26-45(41)48-46(42)44(32-35)47-43-25-14-16-34-15-10-11-23-40(34)43/h1-32,47H. The van der Waals surface area contributed by atoms with Crippen molar-refractivity contribution in [2.24, 2.45) is 0 Å². The van der Waals surface area contributed by atoms with Crippen LogP contribution in [0.5, 0.6) is 0 Å². The first-order chi connectivity index (χ1) is 24.3. The Morgan fingerprint density at radius 2 is 0.898 bits per heavy atom. The summed E-state index contributed by atoms with van der Waals surface area (Å²) in [7, 11) is -1.76. The molecule has 2 nitrogen and oxygen atoms in total. The Labute approximate surface area is 287 Å². The molecular formula is C46H33NOS. The monoisotopic (exact) mass is 647 g/mol. The van der Waals surface area contributed by atoms with Gasteiger partial charge in [0.1, 0.15) is 5.58 Å². The van der Waals surface area contributed by atoms with E-state index in [1.807, 2.05) is 12.1 Å². The van der Waals surface area contributed by atoms with Crippen molar-refractivity contribution in [3.63, 3.8) is 0 Å². The van der Waals surface area contributed by atoms with Gasteiger partial charge >= 0.3 is 0 Å². The molecule has 0 spiro atoms. The zero-order valence-electron chi connectivity index (χ0n) is 26.8. The Bertz CT molecular complexity index is 2460. The third-order valence-electron chi connectivity index (χ3n) is 9.37. The summed E-state index contributed by atoms with van der Waals surface area (Å²) in [6.07, 6.45) is 0. The van der Waals surface area contributed by atoms with Gasteiger partial charge in [-0.15, -0.1) is 10.0 Å². The van der Waals surface area contributed by atoms with Gasteiger partial charge in [0.2, 0.25) is 0 Å². The summed E-state index contributed by atoms with van der Waals surface area (Å²) in [5.74, 6) is 0. The lowest BCUT2D eigenvalue weighted by atomic mass is 10.0.